The molecule has 0 radical (unpaired) electrons. The van der Waals surface area contributed by atoms with Gasteiger partial charge in [-0.15, -0.1) is 0 Å². The summed E-state index contributed by atoms with van der Waals surface area (Å²) in [4.78, 5) is 0. The molecule has 0 aliphatic rings. The second-order valence-corrected chi connectivity index (χ2v) is 12.8. The molecular weight excluding hydrogens is 648 g/mol. The molecule has 0 saturated carbocycles. The predicted octanol–water partition coefficient (Wildman–Crippen LogP) is 7.81. The van der Waals surface area contributed by atoms with Crippen molar-refractivity contribution in [2.24, 2.45) is 0 Å². The summed E-state index contributed by atoms with van der Waals surface area (Å²) >= 11 is 18.0. The molecule has 1 unspecified atom stereocenters. The maximum atomic E-state index is 6.19. The van der Waals surface area contributed by atoms with E-state index in [0.29, 0.717) is 12.4 Å². The zero-order valence-electron chi connectivity index (χ0n) is 13.4. The fraction of sp³-hybridized carbons (Fsp3) is 0.333. The van der Waals surface area contributed by atoms with Gasteiger partial charge in [-0.1, -0.05) is 81.2 Å². The van der Waals surface area contributed by atoms with Gasteiger partial charge < -0.3 is 9.47 Å². The molecule has 0 N–H and O–H groups in total. The third-order valence-corrected chi connectivity index (χ3v) is 9.71. The average molecular weight is 665 g/mol. The molecule has 2 nitrogen and oxygen atoms in total. The molecule has 1 atom stereocenters. The molecule has 0 heterocycles. The summed E-state index contributed by atoms with van der Waals surface area (Å²) in [5.41, 5.74) is 2.21. The third-order valence-electron chi connectivity index (χ3n) is 3.38. The van der Waals surface area contributed by atoms with E-state index >= 15 is 0 Å². The first-order valence-electron chi connectivity index (χ1n) is 7.63. The lowest BCUT2D eigenvalue weighted by Gasteiger charge is -2.40. The topological polar surface area (TPSA) is 18.5 Å². The van der Waals surface area contributed by atoms with Gasteiger partial charge in [0, 0.05) is 6.61 Å². The molecule has 0 aliphatic heterocycles. The molecule has 7 heteroatoms. The standard InChI is InChI=1S/C18H17Br5O2/c1-2-11-24-17(21,16(19)20)18(22,23)25-15-10-6-9-14(12-15)13-7-4-3-5-8-13/h3-10,12,16H,2,11H2,1H3. The lowest BCUT2D eigenvalue weighted by molar-refractivity contribution is -0.00863. The largest absolute Gasteiger partial charge is 0.462 e. The zero-order chi connectivity index (χ0) is 18.5. The fourth-order valence-electron chi connectivity index (χ4n) is 2.11. The summed E-state index contributed by atoms with van der Waals surface area (Å²) in [6, 6.07) is 18.1. The van der Waals surface area contributed by atoms with Crippen LogP contribution in [0.15, 0.2) is 54.6 Å². The highest BCUT2D eigenvalue weighted by Crippen LogP contribution is 2.51. The first-order chi connectivity index (χ1) is 11.8. The fourth-order valence-corrected chi connectivity index (χ4v) is 5.55. The summed E-state index contributed by atoms with van der Waals surface area (Å²) in [7, 11) is 0. The SMILES string of the molecule is CCCOC(Br)(C(Br)Br)C(Br)(Br)Oc1cccc(-c2ccccc2)c1. The Bertz CT molecular complexity index is 678. The van der Waals surface area contributed by atoms with Gasteiger partial charge in [0.05, 0.1) is 0 Å². The maximum Gasteiger partial charge on any atom is 0.258 e. The smallest absolute Gasteiger partial charge is 0.258 e. The predicted molar refractivity (Wildman–Crippen MR) is 123 cm³/mol. The second kappa shape index (κ2) is 9.69. The normalized spacial score (nSPS) is 14.4. The number of alkyl halides is 5. The first kappa shape index (κ1) is 21.9. The van der Waals surface area contributed by atoms with Crippen LogP contribution < -0.4 is 4.74 Å². The van der Waals surface area contributed by atoms with Crippen molar-refractivity contribution in [1.29, 1.82) is 0 Å². The number of benzene rings is 2. The van der Waals surface area contributed by atoms with Crippen molar-refractivity contribution in [2.75, 3.05) is 6.61 Å². The number of halogens is 5. The summed E-state index contributed by atoms with van der Waals surface area (Å²) < 4.78 is 10.1. The van der Waals surface area contributed by atoms with Crippen molar-refractivity contribution in [1.82, 2.24) is 0 Å². The summed E-state index contributed by atoms with van der Waals surface area (Å²) in [6.07, 6.45) is 0.889. The lowest BCUT2D eigenvalue weighted by atomic mass is 10.1. The van der Waals surface area contributed by atoms with E-state index in [-0.39, 0.29) is 3.74 Å². The second-order valence-electron chi connectivity index (χ2n) is 5.31. The van der Waals surface area contributed by atoms with Crippen LogP contribution in [0.25, 0.3) is 11.1 Å². The van der Waals surface area contributed by atoms with E-state index in [4.69, 9.17) is 9.47 Å². The van der Waals surface area contributed by atoms with Crippen LogP contribution in [0.1, 0.15) is 13.3 Å². The molecule has 0 spiro atoms. The minimum atomic E-state index is -1.00. The van der Waals surface area contributed by atoms with Crippen LogP contribution >= 0.6 is 79.6 Å². The minimum absolute atomic E-state index is 0.213. The molecule has 136 valence electrons. The van der Waals surface area contributed by atoms with Crippen molar-refractivity contribution in [3.8, 4) is 16.9 Å². The van der Waals surface area contributed by atoms with Crippen LogP contribution in [0, 0.1) is 0 Å². The monoisotopic (exact) mass is 660 g/mol. The van der Waals surface area contributed by atoms with Gasteiger partial charge in [-0.2, -0.15) is 0 Å². The van der Waals surface area contributed by atoms with Crippen molar-refractivity contribution in [2.45, 2.75) is 25.0 Å². The Hall–Kier alpha value is 0.600. The van der Waals surface area contributed by atoms with Gasteiger partial charge in [-0.3, -0.25) is 0 Å². The molecular formula is C18H17Br5O2. The van der Waals surface area contributed by atoms with E-state index in [1.54, 1.807) is 0 Å². The van der Waals surface area contributed by atoms with Crippen LogP contribution in [-0.4, -0.2) is 18.3 Å². The third kappa shape index (κ3) is 5.55. The van der Waals surface area contributed by atoms with Crippen molar-refractivity contribution < 1.29 is 9.47 Å². The van der Waals surface area contributed by atoms with E-state index in [2.05, 4.69) is 105 Å². The Labute approximate surface area is 190 Å². The molecule has 0 amide bonds. The van der Waals surface area contributed by atoms with Crippen LogP contribution in [0.4, 0.5) is 0 Å². The average Bonchev–Trinajstić information content (AvgIpc) is 2.60. The molecule has 2 aromatic carbocycles. The molecule has 0 fully saturated rings. The van der Waals surface area contributed by atoms with Crippen LogP contribution in [0.3, 0.4) is 0 Å². The highest BCUT2D eigenvalue weighted by atomic mass is 79.9. The van der Waals surface area contributed by atoms with Gasteiger partial charge in [-0.05, 0) is 77.5 Å². The van der Waals surface area contributed by atoms with E-state index < -0.39 is 7.93 Å². The molecule has 0 saturated heterocycles. The van der Waals surface area contributed by atoms with E-state index in [9.17, 15) is 0 Å². The number of ether oxygens (including phenoxy) is 2. The van der Waals surface area contributed by atoms with Gasteiger partial charge in [0.2, 0.25) is 4.51 Å². The number of rotatable bonds is 8. The van der Waals surface area contributed by atoms with Gasteiger partial charge in [0.25, 0.3) is 3.42 Å². The molecule has 0 bridgehead atoms. The molecule has 0 aliphatic carbocycles. The highest BCUT2D eigenvalue weighted by molar-refractivity contribution is 9.27. The van der Waals surface area contributed by atoms with Gasteiger partial charge >= 0.3 is 0 Å². The molecule has 2 aromatic rings. The van der Waals surface area contributed by atoms with Crippen molar-refractivity contribution in [3.05, 3.63) is 54.6 Å². The molecule has 0 aromatic heterocycles. The maximum absolute atomic E-state index is 6.19. The lowest BCUT2D eigenvalue weighted by Crippen LogP contribution is -2.51. The Balaban J connectivity index is 2.27. The Morgan fingerprint density at radius 1 is 0.920 bits per heavy atom. The van der Waals surface area contributed by atoms with Crippen molar-refractivity contribution in [3.63, 3.8) is 0 Å². The molecule has 2 rings (SSSR count). The van der Waals surface area contributed by atoms with Gasteiger partial charge in [0.1, 0.15) is 9.49 Å². The van der Waals surface area contributed by atoms with Crippen LogP contribution in [-0.2, 0) is 4.74 Å². The van der Waals surface area contributed by atoms with E-state index in [0.717, 1.165) is 17.5 Å². The minimum Gasteiger partial charge on any atom is -0.462 e. The summed E-state index contributed by atoms with van der Waals surface area (Å²) in [5, 5.41) is 0. The first-order valence-corrected chi connectivity index (χ1v) is 11.8. The van der Waals surface area contributed by atoms with E-state index in [1.165, 1.54) is 0 Å². The van der Waals surface area contributed by atoms with Crippen LogP contribution in [0.2, 0.25) is 0 Å². The van der Waals surface area contributed by atoms with Gasteiger partial charge in [-0.25, -0.2) is 0 Å². The van der Waals surface area contributed by atoms with Gasteiger partial charge in [0.15, 0.2) is 0 Å². The Morgan fingerprint density at radius 3 is 2.16 bits per heavy atom. The quantitative estimate of drug-likeness (QED) is 0.268. The number of hydrogen-bond donors (Lipinski definition) is 0. The van der Waals surface area contributed by atoms with Crippen molar-refractivity contribution >= 4 is 79.6 Å². The summed E-state index contributed by atoms with van der Waals surface area (Å²) in [6.45, 7) is 2.63. The summed E-state index contributed by atoms with van der Waals surface area (Å²) in [5.74, 6) is 0.708. The Morgan fingerprint density at radius 2 is 1.56 bits per heavy atom. The molecule has 25 heavy (non-hydrogen) atoms. The van der Waals surface area contributed by atoms with Crippen LogP contribution in [0.5, 0.6) is 5.75 Å². The number of hydrogen-bond acceptors (Lipinski definition) is 2. The van der Waals surface area contributed by atoms with E-state index in [1.807, 2.05) is 36.4 Å². The zero-order valence-corrected chi connectivity index (χ0v) is 21.3. The Kier molecular flexibility index (Phi) is 8.49. The highest BCUT2D eigenvalue weighted by Gasteiger charge is 2.54.